The highest BCUT2D eigenvalue weighted by molar-refractivity contribution is 6.32. The predicted octanol–water partition coefficient (Wildman–Crippen LogP) is 5.13. The summed E-state index contributed by atoms with van der Waals surface area (Å²) in [4.78, 5) is 3.28. The number of nitriles is 1. The van der Waals surface area contributed by atoms with E-state index in [0.717, 1.165) is 53.8 Å². The number of methoxy groups -OCH3 is 1. The standard InChI is InChI=1S/C25H24ClN3O2/c1-30-22-12-11-16(13-17(22)15-31-23-10-6-5-8-20(23)26)24-18-7-3-2-4-9-21(18)29-25(28)19(24)14-27/h5-6,8,10-13H,2-4,7,9,15H2,1H3,(H2,28,29)/p+1. The zero-order chi connectivity index (χ0) is 21.8. The fourth-order valence-corrected chi connectivity index (χ4v) is 4.40. The number of hydrogen-bond donors (Lipinski definition) is 1. The van der Waals surface area contributed by atoms with Crippen LogP contribution in [0, 0.1) is 11.3 Å². The van der Waals surface area contributed by atoms with Gasteiger partial charge in [-0.15, -0.1) is 0 Å². The van der Waals surface area contributed by atoms with Gasteiger partial charge in [0, 0.05) is 23.1 Å². The van der Waals surface area contributed by atoms with Crippen molar-refractivity contribution in [1.29, 1.82) is 5.26 Å². The zero-order valence-corrected chi connectivity index (χ0v) is 18.3. The Labute approximate surface area is 187 Å². The minimum Gasteiger partial charge on any atom is -0.496 e. The summed E-state index contributed by atoms with van der Waals surface area (Å²) < 4.78 is 11.5. The van der Waals surface area contributed by atoms with Gasteiger partial charge in [0.15, 0.2) is 0 Å². The molecule has 3 aromatic rings. The summed E-state index contributed by atoms with van der Waals surface area (Å²) in [6, 6.07) is 15.6. The highest BCUT2D eigenvalue weighted by Crippen LogP contribution is 2.36. The number of pyridine rings is 1. The number of H-pyrrole nitrogens is 1. The average molecular weight is 435 g/mol. The third kappa shape index (κ3) is 4.30. The summed E-state index contributed by atoms with van der Waals surface area (Å²) in [7, 11) is 1.64. The number of nitrogens with one attached hydrogen (secondary N) is 1. The second-order valence-electron chi connectivity index (χ2n) is 7.66. The van der Waals surface area contributed by atoms with Crippen molar-refractivity contribution in [3.8, 4) is 28.7 Å². The third-order valence-electron chi connectivity index (χ3n) is 5.73. The lowest BCUT2D eigenvalue weighted by Crippen LogP contribution is -2.22. The number of hydrogen-bond acceptors (Lipinski definition) is 4. The maximum absolute atomic E-state index is 9.87. The van der Waals surface area contributed by atoms with E-state index in [2.05, 4.69) is 11.1 Å². The molecule has 31 heavy (non-hydrogen) atoms. The molecule has 5 nitrogen and oxygen atoms in total. The van der Waals surface area contributed by atoms with Crippen LogP contribution in [0.5, 0.6) is 11.5 Å². The van der Waals surface area contributed by atoms with Crippen LogP contribution in [-0.4, -0.2) is 7.11 Å². The Morgan fingerprint density at radius 2 is 1.90 bits per heavy atom. The average Bonchev–Trinajstić information content (AvgIpc) is 3.02. The van der Waals surface area contributed by atoms with Crippen LogP contribution in [0.1, 0.15) is 41.6 Å². The van der Waals surface area contributed by atoms with E-state index >= 15 is 0 Å². The van der Waals surface area contributed by atoms with E-state index in [-0.39, 0.29) is 0 Å². The van der Waals surface area contributed by atoms with Crippen LogP contribution in [0.25, 0.3) is 11.1 Å². The number of para-hydroxylation sites is 1. The Morgan fingerprint density at radius 1 is 1.10 bits per heavy atom. The Morgan fingerprint density at radius 3 is 2.68 bits per heavy atom. The molecule has 0 atom stereocenters. The number of benzene rings is 2. The molecule has 0 saturated carbocycles. The van der Waals surface area contributed by atoms with E-state index in [1.165, 1.54) is 12.0 Å². The number of aryl methyl sites for hydroxylation is 1. The topological polar surface area (TPSA) is 82.4 Å². The van der Waals surface area contributed by atoms with Crippen LogP contribution in [0.15, 0.2) is 42.5 Å². The fraction of sp³-hybridized carbons (Fsp3) is 0.280. The van der Waals surface area contributed by atoms with Crippen LogP contribution in [0.3, 0.4) is 0 Å². The molecule has 0 fully saturated rings. The zero-order valence-electron chi connectivity index (χ0n) is 17.5. The van der Waals surface area contributed by atoms with Crippen LogP contribution in [-0.2, 0) is 19.4 Å². The van der Waals surface area contributed by atoms with E-state index in [1.54, 1.807) is 13.2 Å². The molecule has 0 unspecified atom stereocenters. The van der Waals surface area contributed by atoms with E-state index in [9.17, 15) is 5.26 Å². The Balaban J connectivity index is 1.79. The predicted molar refractivity (Wildman–Crippen MR) is 121 cm³/mol. The van der Waals surface area contributed by atoms with Gasteiger partial charge in [0.1, 0.15) is 35.4 Å². The van der Waals surface area contributed by atoms with Crippen LogP contribution in [0.4, 0.5) is 5.82 Å². The number of nitrogens with zero attached hydrogens (tertiary/aromatic N) is 1. The quantitative estimate of drug-likeness (QED) is 0.564. The number of anilines is 1. The molecule has 1 aliphatic rings. The highest BCUT2D eigenvalue weighted by Gasteiger charge is 2.24. The van der Waals surface area contributed by atoms with Gasteiger partial charge in [0.25, 0.3) is 5.82 Å². The van der Waals surface area contributed by atoms with Crippen LogP contribution >= 0.6 is 11.6 Å². The van der Waals surface area contributed by atoms with Crippen molar-refractivity contribution in [3.63, 3.8) is 0 Å². The summed E-state index contributed by atoms with van der Waals surface area (Å²) in [5.74, 6) is 1.75. The number of aromatic nitrogens is 1. The van der Waals surface area contributed by atoms with Crippen molar-refractivity contribution in [3.05, 3.63) is 69.9 Å². The Hall–Kier alpha value is -3.23. The van der Waals surface area contributed by atoms with Gasteiger partial charge in [0.2, 0.25) is 0 Å². The number of fused-ring (bicyclic) bond motifs is 1. The number of nitrogen functional groups attached to an aromatic ring is 1. The van der Waals surface area contributed by atoms with Crippen molar-refractivity contribution in [2.24, 2.45) is 0 Å². The molecular formula is C25H25ClN3O2+. The second kappa shape index (κ2) is 9.28. The van der Waals surface area contributed by atoms with Crippen molar-refractivity contribution in [2.45, 2.75) is 38.7 Å². The summed E-state index contributed by atoms with van der Waals surface area (Å²) >= 11 is 6.23. The number of rotatable bonds is 5. The lowest BCUT2D eigenvalue weighted by atomic mass is 9.91. The monoisotopic (exact) mass is 434 g/mol. The van der Waals surface area contributed by atoms with E-state index < -0.39 is 0 Å². The summed E-state index contributed by atoms with van der Waals surface area (Å²) in [6.07, 6.45) is 5.25. The first kappa shape index (κ1) is 21.0. The molecule has 0 aliphatic heterocycles. The SMILES string of the molecule is COc1ccc(-c2c(C#N)c(N)[nH+]c3c2CCCCC3)cc1COc1ccccc1Cl. The molecular weight excluding hydrogens is 410 g/mol. The second-order valence-corrected chi connectivity index (χ2v) is 8.07. The van der Waals surface area contributed by atoms with Gasteiger partial charge >= 0.3 is 0 Å². The van der Waals surface area contributed by atoms with Gasteiger partial charge < -0.3 is 9.47 Å². The smallest absolute Gasteiger partial charge is 0.289 e. The van der Waals surface area contributed by atoms with E-state index in [1.807, 2.05) is 36.4 Å². The fourth-order valence-electron chi connectivity index (χ4n) is 4.21. The van der Waals surface area contributed by atoms with Gasteiger partial charge in [-0.2, -0.15) is 5.26 Å². The Bertz CT molecular complexity index is 1150. The molecule has 6 heteroatoms. The minimum absolute atomic E-state index is 0.291. The summed E-state index contributed by atoms with van der Waals surface area (Å²) in [5, 5.41) is 10.4. The highest BCUT2D eigenvalue weighted by atomic mass is 35.5. The van der Waals surface area contributed by atoms with Gasteiger partial charge in [0.05, 0.1) is 12.1 Å². The molecule has 0 amide bonds. The first-order valence-corrected chi connectivity index (χ1v) is 10.8. The molecule has 1 aliphatic carbocycles. The molecule has 1 aromatic heterocycles. The lowest BCUT2D eigenvalue weighted by Gasteiger charge is -2.16. The number of nitrogens with two attached hydrogens (primary N) is 1. The van der Waals surface area contributed by atoms with Gasteiger partial charge in [-0.1, -0.05) is 36.2 Å². The van der Waals surface area contributed by atoms with Gasteiger partial charge in [-0.25, -0.2) is 4.98 Å². The molecule has 158 valence electrons. The summed E-state index contributed by atoms with van der Waals surface area (Å²) in [5.41, 5.74) is 11.8. The first-order valence-electron chi connectivity index (χ1n) is 10.4. The van der Waals surface area contributed by atoms with Crippen molar-refractivity contribution in [2.75, 3.05) is 12.8 Å². The molecule has 0 bridgehead atoms. The van der Waals surface area contributed by atoms with Gasteiger partial charge in [-0.05, 0) is 49.1 Å². The van der Waals surface area contributed by atoms with Crippen LogP contribution in [0.2, 0.25) is 5.02 Å². The molecule has 2 aromatic carbocycles. The van der Waals surface area contributed by atoms with E-state index in [4.69, 9.17) is 26.8 Å². The van der Waals surface area contributed by atoms with Crippen molar-refractivity contribution < 1.29 is 14.5 Å². The van der Waals surface area contributed by atoms with Gasteiger partial charge in [-0.3, -0.25) is 5.73 Å². The minimum atomic E-state index is 0.291. The number of halogens is 1. The van der Waals surface area contributed by atoms with Crippen molar-refractivity contribution >= 4 is 17.4 Å². The van der Waals surface area contributed by atoms with Crippen LogP contribution < -0.4 is 20.2 Å². The number of aromatic amines is 1. The molecule has 0 saturated heterocycles. The summed E-state index contributed by atoms with van der Waals surface area (Å²) in [6.45, 7) is 0.291. The number of ether oxygens (including phenoxy) is 2. The molecule has 3 N–H and O–H groups in total. The maximum Gasteiger partial charge on any atom is 0.289 e. The van der Waals surface area contributed by atoms with E-state index in [0.29, 0.717) is 28.8 Å². The van der Waals surface area contributed by atoms with Crippen molar-refractivity contribution in [1.82, 2.24) is 0 Å². The molecule has 0 spiro atoms. The molecule has 4 rings (SSSR count). The first-order chi connectivity index (χ1) is 15.1. The lowest BCUT2D eigenvalue weighted by molar-refractivity contribution is -0.373. The third-order valence-corrected chi connectivity index (χ3v) is 6.04. The Kier molecular flexibility index (Phi) is 6.29. The normalized spacial score (nSPS) is 13.1. The molecule has 0 radical (unpaired) electrons. The maximum atomic E-state index is 9.87. The molecule has 1 heterocycles. The largest absolute Gasteiger partial charge is 0.496 e.